The summed E-state index contributed by atoms with van der Waals surface area (Å²) in [7, 11) is 0. The van der Waals surface area contributed by atoms with Crippen molar-refractivity contribution in [2.45, 2.75) is 13.5 Å². The van der Waals surface area contributed by atoms with Crippen molar-refractivity contribution < 1.29 is 4.74 Å². The van der Waals surface area contributed by atoms with Crippen molar-refractivity contribution in [2.24, 2.45) is 0 Å². The van der Waals surface area contributed by atoms with Crippen molar-refractivity contribution in [3.8, 4) is 6.26 Å². The van der Waals surface area contributed by atoms with Crippen LogP contribution < -0.4 is 0 Å². The number of nitrogens with zero attached hydrogens (tertiary/aromatic N) is 1. The molecular weight excluding hydrogens is 138 g/mol. The molecule has 0 atom stereocenters. The highest BCUT2D eigenvalue weighted by Crippen LogP contribution is 2.04. The zero-order valence-electron chi connectivity index (χ0n) is 6.37. The van der Waals surface area contributed by atoms with Crippen LogP contribution in [-0.4, -0.2) is 0 Å². The van der Waals surface area contributed by atoms with Crippen LogP contribution in [0.3, 0.4) is 0 Å². The number of hydrogen-bond acceptors (Lipinski definition) is 2. The minimum Gasteiger partial charge on any atom is -0.423 e. The summed E-state index contributed by atoms with van der Waals surface area (Å²) in [6, 6.07) is 7.89. The second-order valence-electron chi connectivity index (χ2n) is 2.37. The summed E-state index contributed by atoms with van der Waals surface area (Å²) in [5, 5.41) is 8.12. The van der Waals surface area contributed by atoms with E-state index in [1.165, 1.54) is 5.56 Å². The van der Waals surface area contributed by atoms with Crippen LogP contribution >= 0.6 is 0 Å². The molecule has 1 aromatic rings. The number of benzene rings is 1. The van der Waals surface area contributed by atoms with E-state index in [4.69, 9.17) is 5.26 Å². The van der Waals surface area contributed by atoms with E-state index in [9.17, 15) is 0 Å². The number of rotatable bonds is 2. The van der Waals surface area contributed by atoms with Crippen molar-refractivity contribution >= 4 is 0 Å². The van der Waals surface area contributed by atoms with E-state index < -0.39 is 0 Å². The van der Waals surface area contributed by atoms with E-state index in [0.717, 1.165) is 5.56 Å². The zero-order valence-corrected chi connectivity index (χ0v) is 6.37. The lowest BCUT2D eigenvalue weighted by atomic mass is 10.1. The highest BCUT2D eigenvalue weighted by molar-refractivity contribution is 5.21. The second-order valence-corrected chi connectivity index (χ2v) is 2.37. The van der Waals surface area contributed by atoms with E-state index in [1.54, 1.807) is 6.26 Å². The van der Waals surface area contributed by atoms with Crippen LogP contribution in [-0.2, 0) is 11.3 Å². The lowest BCUT2D eigenvalue weighted by Gasteiger charge is -1.98. The van der Waals surface area contributed by atoms with Gasteiger partial charge in [-0.2, -0.15) is 5.26 Å². The van der Waals surface area contributed by atoms with Gasteiger partial charge in [-0.1, -0.05) is 29.8 Å². The summed E-state index contributed by atoms with van der Waals surface area (Å²) in [6.45, 7) is 2.38. The molecule has 0 aliphatic heterocycles. The third-order valence-corrected chi connectivity index (χ3v) is 1.39. The van der Waals surface area contributed by atoms with Gasteiger partial charge in [-0.15, -0.1) is 0 Å². The van der Waals surface area contributed by atoms with Crippen LogP contribution in [0.4, 0.5) is 0 Å². The first-order chi connectivity index (χ1) is 5.33. The molecule has 11 heavy (non-hydrogen) atoms. The first-order valence-corrected chi connectivity index (χ1v) is 3.39. The molecule has 0 N–H and O–H groups in total. The molecule has 56 valence electrons. The van der Waals surface area contributed by atoms with Gasteiger partial charge in [-0.05, 0) is 12.5 Å². The molecule has 0 aliphatic rings. The number of nitriles is 1. The number of ether oxygens (including phenoxy) is 1. The molecule has 0 radical (unpaired) electrons. The minimum atomic E-state index is 0.373. The summed E-state index contributed by atoms with van der Waals surface area (Å²) in [4.78, 5) is 0. The average Bonchev–Trinajstić information content (AvgIpc) is 2.01. The van der Waals surface area contributed by atoms with Gasteiger partial charge < -0.3 is 4.74 Å². The molecule has 1 aromatic carbocycles. The molecule has 0 unspecified atom stereocenters. The van der Waals surface area contributed by atoms with Gasteiger partial charge in [0, 0.05) is 0 Å². The molecule has 2 heteroatoms. The van der Waals surface area contributed by atoms with Gasteiger partial charge in [0.05, 0.1) is 0 Å². The van der Waals surface area contributed by atoms with E-state index in [2.05, 4.69) is 4.74 Å². The molecule has 0 fully saturated rings. The standard InChI is InChI=1S/C9H9NO/c1-8-3-2-4-9(5-8)6-11-7-10/h2-5H,6H2,1H3. The van der Waals surface area contributed by atoms with Gasteiger partial charge in [0.15, 0.2) is 0 Å². The van der Waals surface area contributed by atoms with Crippen molar-refractivity contribution in [1.29, 1.82) is 5.26 Å². The molecular formula is C9H9NO. The van der Waals surface area contributed by atoms with Crippen LogP contribution in [0.1, 0.15) is 11.1 Å². The van der Waals surface area contributed by atoms with Gasteiger partial charge in [0.25, 0.3) is 6.26 Å². The van der Waals surface area contributed by atoms with E-state index >= 15 is 0 Å². The topological polar surface area (TPSA) is 33.0 Å². The maximum Gasteiger partial charge on any atom is 0.286 e. The van der Waals surface area contributed by atoms with Crippen LogP contribution in [0.5, 0.6) is 0 Å². The van der Waals surface area contributed by atoms with Crippen LogP contribution in [0.15, 0.2) is 24.3 Å². The predicted molar refractivity (Wildman–Crippen MR) is 41.6 cm³/mol. The fourth-order valence-corrected chi connectivity index (χ4v) is 0.918. The Balaban J connectivity index is 2.65. The minimum absolute atomic E-state index is 0.373. The van der Waals surface area contributed by atoms with E-state index in [1.807, 2.05) is 31.2 Å². The molecule has 0 spiro atoms. The monoisotopic (exact) mass is 147 g/mol. The van der Waals surface area contributed by atoms with Gasteiger partial charge in [0.2, 0.25) is 0 Å². The molecule has 0 aliphatic carbocycles. The Labute approximate surface area is 66.0 Å². The first kappa shape index (κ1) is 7.62. The summed E-state index contributed by atoms with van der Waals surface area (Å²) in [5.41, 5.74) is 2.22. The number of aryl methyl sites for hydroxylation is 1. The second kappa shape index (κ2) is 3.62. The quantitative estimate of drug-likeness (QED) is 0.599. The SMILES string of the molecule is Cc1cccc(COC#N)c1. The normalized spacial score (nSPS) is 8.73. The lowest BCUT2D eigenvalue weighted by Crippen LogP contribution is -1.86. The van der Waals surface area contributed by atoms with Crippen molar-refractivity contribution in [1.82, 2.24) is 0 Å². The van der Waals surface area contributed by atoms with Crippen molar-refractivity contribution in [3.63, 3.8) is 0 Å². The smallest absolute Gasteiger partial charge is 0.286 e. The third kappa shape index (κ3) is 2.30. The largest absolute Gasteiger partial charge is 0.423 e. The maximum atomic E-state index is 8.12. The molecule has 0 bridgehead atoms. The Hall–Kier alpha value is -1.49. The Bertz CT molecular complexity index is 275. The summed E-state index contributed by atoms with van der Waals surface area (Å²) in [6.07, 6.45) is 1.64. The fraction of sp³-hybridized carbons (Fsp3) is 0.222. The molecule has 0 saturated carbocycles. The molecule has 2 nitrogen and oxygen atoms in total. The van der Waals surface area contributed by atoms with Gasteiger partial charge in [0.1, 0.15) is 6.61 Å². The lowest BCUT2D eigenvalue weighted by molar-refractivity contribution is 0.257. The predicted octanol–water partition coefficient (Wildman–Crippen LogP) is 1.99. The van der Waals surface area contributed by atoms with Crippen molar-refractivity contribution in [3.05, 3.63) is 35.4 Å². The Morgan fingerprint density at radius 3 is 3.00 bits per heavy atom. The summed E-state index contributed by atoms with van der Waals surface area (Å²) >= 11 is 0. The Kier molecular flexibility index (Phi) is 2.51. The fourth-order valence-electron chi connectivity index (χ4n) is 0.918. The highest BCUT2D eigenvalue weighted by atomic mass is 16.5. The van der Waals surface area contributed by atoms with E-state index in [0.29, 0.717) is 6.61 Å². The average molecular weight is 147 g/mol. The van der Waals surface area contributed by atoms with Crippen LogP contribution in [0, 0.1) is 18.4 Å². The Morgan fingerprint density at radius 2 is 2.36 bits per heavy atom. The molecule has 0 heterocycles. The van der Waals surface area contributed by atoms with Crippen LogP contribution in [0.25, 0.3) is 0 Å². The van der Waals surface area contributed by atoms with E-state index in [-0.39, 0.29) is 0 Å². The molecule has 0 saturated heterocycles. The summed E-state index contributed by atoms with van der Waals surface area (Å²) in [5.74, 6) is 0. The molecule has 0 amide bonds. The Morgan fingerprint density at radius 1 is 1.55 bits per heavy atom. The zero-order chi connectivity index (χ0) is 8.10. The number of hydrogen-bond donors (Lipinski definition) is 0. The molecule has 0 aromatic heterocycles. The summed E-state index contributed by atoms with van der Waals surface area (Å²) < 4.78 is 4.58. The third-order valence-electron chi connectivity index (χ3n) is 1.39. The van der Waals surface area contributed by atoms with Gasteiger partial charge in [-0.25, -0.2) is 0 Å². The first-order valence-electron chi connectivity index (χ1n) is 3.39. The van der Waals surface area contributed by atoms with Crippen molar-refractivity contribution in [2.75, 3.05) is 0 Å². The van der Waals surface area contributed by atoms with Gasteiger partial charge >= 0.3 is 0 Å². The molecule has 1 rings (SSSR count). The van der Waals surface area contributed by atoms with Crippen LogP contribution in [0.2, 0.25) is 0 Å². The maximum absolute atomic E-state index is 8.12. The highest BCUT2D eigenvalue weighted by Gasteiger charge is 1.91. The van der Waals surface area contributed by atoms with Gasteiger partial charge in [-0.3, -0.25) is 0 Å².